The van der Waals surface area contributed by atoms with Crippen LogP contribution in [0.2, 0.25) is 0 Å². The standard InChI is InChI=1S/C28H37NO3/c1-24-8-9-25(2,23(29)32)16-22(24)28(5)13-11-26(3)18-15-20(31)19(30)14-17(18)6-7-21(26)27(28,4)12-10-24/h6-7,14-15,22,30H,8-13,16H2,1-5H3,(H2,29,32)/t22-,24-,25-,26+,27-,28+/m1/s1. The third-order valence-corrected chi connectivity index (χ3v) is 11.1. The van der Waals surface area contributed by atoms with Crippen molar-refractivity contribution in [3.05, 3.63) is 46.8 Å². The first kappa shape index (κ1) is 21.7. The number of hydrogen-bond acceptors (Lipinski definition) is 3. The topological polar surface area (TPSA) is 80.4 Å². The maximum absolute atomic E-state index is 12.4. The number of fused-ring (bicyclic) bond motifs is 7. The van der Waals surface area contributed by atoms with Crippen LogP contribution in [0, 0.1) is 33.0 Å². The van der Waals surface area contributed by atoms with Gasteiger partial charge in [-0.15, -0.1) is 0 Å². The maximum Gasteiger partial charge on any atom is 0.223 e. The second-order valence-corrected chi connectivity index (χ2v) is 12.6. The molecule has 0 aromatic carbocycles. The van der Waals surface area contributed by atoms with Gasteiger partial charge in [0.15, 0.2) is 5.76 Å². The first-order valence-electron chi connectivity index (χ1n) is 12.2. The molecule has 5 rings (SSSR count). The van der Waals surface area contributed by atoms with Crippen molar-refractivity contribution in [1.29, 1.82) is 0 Å². The lowest BCUT2D eigenvalue weighted by Gasteiger charge is -2.70. The highest BCUT2D eigenvalue weighted by Crippen LogP contribution is 2.75. The number of carbonyl (C=O) groups is 2. The summed E-state index contributed by atoms with van der Waals surface area (Å²) in [7, 11) is 0. The minimum absolute atomic E-state index is 0.0187. The van der Waals surface area contributed by atoms with Gasteiger partial charge >= 0.3 is 0 Å². The van der Waals surface area contributed by atoms with E-state index in [-0.39, 0.29) is 39.1 Å². The molecule has 6 atom stereocenters. The van der Waals surface area contributed by atoms with Gasteiger partial charge in [-0.3, -0.25) is 9.59 Å². The molecule has 4 nitrogen and oxygen atoms in total. The molecule has 0 aliphatic heterocycles. The SMILES string of the molecule is C[C@@]1(C(N)=O)CC[C@]2(C)CC[C@]3(C)C4=CC=C5C=C(O)C(=O)C=C5[C@]4(C)CC[C@@]3(C)[C@@H]2C1. The predicted octanol–water partition coefficient (Wildman–Crippen LogP) is 5.71. The molecule has 0 saturated heterocycles. The average Bonchev–Trinajstić information content (AvgIpc) is 2.73. The van der Waals surface area contributed by atoms with Gasteiger partial charge in [-0.05, 0) is 90.4 Å². The molecule has 5 aliphatic rings. The Morgan fingerprint density at radius 3 is 2.34 bits per heavy atom. The lowest BCUT2D eigenvalue weighted by atomic mass is 9.34. The summed E-state index contributed by atoms with van der Waals surface area (Å²) in [5.74, 6) is -0.188. The predicted molar refractivity (Wildman–Crippen MR) is 126 cm³/mol. The van der Waals surface area contributed by atoms with Crippen LogP contribution < -0.4 is 5.73 Å². The third kappa shape index (κ3) is 2.50. The van der Waals surface area contributed by atoms with Gasteiger partial charge in [0.05, 0.1) is 0 Å². The van der Waals surface area contributed by atoms with Crippen molar-refractivity contribution >= 4 is 11.7 Å². The van der Waals surface area contributed by atoms with Gasteiger partial charge in [-0.25, -0.2) is 0 Å². The summed E-state index contributed by atoms with van der Waals surface area (Å²) in [5.41, 5.74) is 8.99. The Balaban J connectivity index is 1.63. The van der Waals surface area contributed by atoms with Crippen molar-refractivity contribution in [2.24, 2.45) is 38.7 Å². The minimum atomic E-state index is -0.430. The lowest BCUT2D eigenvalue weighted by molar-refractivity contribution is -0.167. The minimum Gasteiger partial charge on any atom is -0.504 e. The van der Waals surface area contributed by atoms with Crippen LogP contribution in [0.5, 0.6) is 0 Å². The molecule has 0 aromatic rings. The quantitative estimate of drug-likeness (QED) is 0.554. The highest BCUT2D eigenvalue weighted by Gasteiger charge is 2.67. The number of nitrogens with two attached hydrogens (primary N) is 1. The normalized spacial score (nSPS) is 47.5. The van der Waals surface area contributed by atoms with Gasteiger partial charge in [0, 0.05) is 10.8 Å². The van der Waals surface area contributed by atoms with Crippen molar-refractivity contribution in [1.82, 2.24) is 0 Å². The first-order chi connectivity index (χ1) is 14.8. The Bertz CT molecular complexity index is 1060. The van der Waals surface area contributed by atoms with E-state index in [1.54, 1.807) is 12.2 Å². The molecule has 3 saturated carbocycles. The maximum atomic E-state index is 12.4. The number of aliphatic hydroxyl groups is 1. The van der Waals surface area contributed by atoms with Crippen molar-refractivity contribution in [3.63, 3.8) is 0 Å². The fraction of sp³-hybridized carbons (Fsp3) is 0.643. The fourth-order valence-corrected chi connectivity index (χ4v) is 8.42. The Morgan fingerprint density at radius 1 is 0.969 bits per heavy atom. The highest BCUT2D eigenvalue weighted by atomic mass is 16.3. The van der Waals surface area contributed by atoms with E-state index in [4.69, 9.17) is 5.73 Å². The van der Waals surface area contributed by atoms with E-state index >= 15 is 0 Å². The summed E-state index contributed by atoms with van der Waals surface area (Å²) in [5, 5.41) is 10.00. The van der Waals surface area contributed by atoms with E-state index in [1.807, 2.05) is 0 Å². The number of allylic oxidation sites excluding steroid dienone is 7. The Kier molecular flexibility index (Phi) is 4.26. The molecule has 3 N–H and O–H groups in total. The van der Waals surface area contributed by atoms with Gasteiger partial charge in [0.2, 0.25) is 11.7 Å². The summed E-state index contributed by atoms with van der Waals surface area (Å²) in [6.45, 7) is 11.7. The van der Waals surface area contributed by atoms with Crippen LogP contribution in [0.25, 0.3) is 0 Å². The zero-order valence-corrected chi connectivity index (χ0v) is 20.2. The Labute approximate surface area is 191 Å². The van der Waals surface area contributed by atoms with Crippen LogP contribution in [0.15, 0.2) is 46.8 Å². The molecule has 0 heterocycles. The summed E-state index contributed by atoms with van der Waals surface area (Å²) in [4.78, 5) is 24.8. The summed E-state index contributed by atoms with van der Waals surface area (Å²) in [6.07, 6.45) is 14.8. The Hall–Kier alpha value is -2.10. The van der Waals surface area contributed by atoms with Gasteiger partial charge in [-0.2, -0.15) is 0 Å². The smallest absolute Gasteiger partial charge is 0.223 e. The zero-order chi connectivity index (χ0) is 23.3. The summed E-state index contributed by atoms with van der Waals surface area (Å²) < 4.78 is 0. The number of hydrogen-bond donors (Lipinski definition) is 2. The summed E-state index contributed by atoms with van der Waals surface area (Å²) in [6, 6.07) is 0. The van der Waals surface area contributed by atoms with E-state index in [0.29, 0.717) is 5.92 Å². The van der Waals surface area contributed by atoms with E-state index in [9.17, 15) is 14.7 Å². The lowest BCUT2D eigenvalue weighted by Crippen LogP contribution is -2.62. The van der Waals surface area contributed by atoms with Crippen LogP contribution in [-0.4, -0.2) is 16.8 Å². The van der Waals surface area contributed by atoms with Gasteiger partial charge < -0.3 is 10.8 Å². The summed E-state index contributed by atoms with van der Waals surface area (Å²) >= 11 is 0. The van der Waals surface area contributed by atoms with Crippen LogP contribution in [-0.2, 0) is 9.59 Å². The molecule has 32 heavy (non-hydrogen) atoms. The number of amides is 1. The zero-order valence-electron chi connectivity index (χ0n) is 20.2. The van der Waals surface area contributed by atoms with Crippen LogP contribution >= 0.6 is 0 Å². The highest BCUT2D eigenvalue weighted by molar-refractivity contribution is 6.05. The molecular weight excluding hydrogens is 398 g/mol. The first-order valence-corrected chi connectivity index (χ1v) is 12.2. The monoisotopic (exact) mass is 435 g/mol. The van der Waals surface area contributed by atoms with Crippen LogP contribution in [0.1, 0.15) is 79.6 Å². The molecule has 1 amide bonds. The molecule has 5 aliphatic carbocycles. The number of primary amides is 1. The molecule has 0 aromatic heterocycles. The van der Waals surface area contributed by atoms with Crippen LogP contribution in [0.4, 0.5) is 0 Å². The number of rotatable bonds is 1. The van der Waals surface area contributed by atoms with Crippen molar-refractivity contribution < 1.29 is 14.7 Å². The second kappa shape index (κ2) is 6.27. The fourth-order valence-electron chi connectivity index (χ4n) is 8.42. The second-order valence-electron chi connectivity index (χ2n) is 12.6. The van der Waals surface area contributed by atoms with Gasteiger partial charge in [0.1, 0.15) is 0 Å². The van der Waals surface area contributed by atoms with E-state index in [2.05, 4.69) is 46.8 Å². The van der Waals surface area contributed by atoms with Crippen molar-refractivity contribution in [2.75, 3.05) is 0 Å². The van der Waals surface area contributed by atoms with Gasteiger partial charge in [0.25, 0.3) is 0 Å². The molecular formula is C28H37NO3. The number of carbonyl (C=O) groups excluding carboxylic acids is 2. The van der Waals surface area contributed by atoms with Crippen LogP contribution in [0.3, 0.4) is 0 Å². The molecule has 0 radical (unpaired) electrons. The van der Waals surface area contributed by atoms with E-state index < -0.39 is 5.41 Å². The molecule has 0 bridgehead atoms. The molecule has 3 fully saturated rings. The van der Waals surface area contributed by atoms with Crippen molar-refractivity contribution in [2.45, 2.75) is 79.6 Å². The molecule has 4 heteroatoms. The average molecular weight is 436 g/mol. The van der Waals surface area contributed by atoms with Crippen molar-refractivity contribution in [3.8, 4) is 0 Å². The third-order valence-electron chi connectivity index (χ3n) is 11.1. The number of aliphatic hydroxyl groups excluding tert-OH is 1. The van der Waals surface area contributed by atoms with E-state index in [0.717, 1.165) is 56.1 Å². The molecule has 0 unspecified atom stereocenters. The number of ketones is 1. The molecule has 0 spiro atoms. The van der Waals surface area contributed by atoms with E-state index in [1.165, 1.54) is 5.57 Å². The largest absolute Gasteiger partial charge is 0.504 e. The Morgan fingerprint density at radius 2 is 1.66 bits per heavy atom. The molecule has 172 valence electrons. The van der Waals surface area contributed by atoms with Gasteiger partial charge in [-0.1, -0.05) is 52.3 Å².